The van der Waals surface area contributed by atoms with Gasteiger partial charge in [0.2, 0.25) is 5.95 Å². The predicted molar refractivity (Wildman–Crippen MR) is 114 cm³/mol. The lowest BCUT2D eigenvalue weighted by molar-refractivity contribution is -0.384. The molecular weight excluding hydrogens is 390 g/mol. The molecule has 0 atom stereocenters. The van der Waals surface area contributed by atoms with Crippen LogP contribution >= 0.6 is 0 Å². The van der Waals surface area contributed by atoms with E-state index in [0.29, 0.717) is 17.8 Å². The van der Waals surface area contributed by atoms with E-state index in [0.717, 1.165) is 10.1 Å². The number of imidazole rings is 1. The number of hydrazone groups is 1. The van der Waals surface area contributed by atoms with Crippen molar-refractivity contribution in [1.29, 1.82) is 0 Å². The second-order valence-electron chi connectivity index (χ2n) is 6.97. The van der Waals surface area contributed by atoms with Crippen molar-refractivity contribution in [3.63, 3.8) is 0 Å². The van der Waals surface area contributed by atoms with Crippen molar-refractivity contribution < 1.29 is 4.92 Å². The minimum absolute atomic E-state index is 0.0143. The smallest absolute Gasteiger partial charge is 0.299 e. The minimum atomic E-state index is -0.482. The van der Waals surface area contributed by atoms with E-state index in [1.807, 2.05) is 6.92 Å². The summed E-state index contributed by atoms with van der Waals surface area (Å²) in [5.41, 5.74) is 4.38. The van der Waals surface area contributed by atoms with Crippen LogP contribution in [0.1, 0.15) is 19.4 Å². The maximum Gasteiger partial charge on any atom is 0.332 e. The molecule has 11 heteroatoms. The Bertz CT molecular complexity index is 1310. The Hall–Kier alpha value is -4.02. The molecule has 3 aromatic rings. The third-order valence-corrected chi connectivity index (χ3v) is 4.60. The number of benzene rings is 1. The first-order valence-electron chi connectivity index (χ1n) is 8.97. The summed E-state index contributed by atoms with van der Waals surface area (Å²) in [5.74, 6) is 0.271. The van der Waals surface area contributed by atoms with Crippen molar-refractivity contribution in [2.75, 3.05) is 5.43 Å². The molecule has 2 heterocycles. The van der Waals surface area contributed by atoms with E-state index in [1.54, 1.807) is 23.6 Å². The van der Waals surface area contributed by atoms with Gasteiger partial charge in [0, 0.05) is 32.8 Å². The molecule has 3 rings (SSSR count). The Kier molecular flexibility index (Phi) is 5.37. The lowest BCUT2D eigenvalue weighted by Crippen LogP contribution is -2.37. The summed E-state index contributed by atoms with van der Waals surface area (Å²) in [6.07, 6.45) is 0. The highest BCUT2D eigenvalue weighted by Crippen LogP contribution is 2.18. The Balaban J connectivity index is 2.08. The van der Waals surface area contributed by atoms with Gasteiger partial charge >= 0.3 is 5.69 Å². The van der Waals surface area contributed by atoms with Crippen LogP contribution in [0.4, 0.5) is 11.6 Å². The first-order valence-corrected chi connectivity index (χ1v) is 8.97. The van der Waals surface area contributed by atoms with Gasteiger partial charge in [-0.2, -0.15) is 10.1 Å². The molecule has 0 radical (unpaired) electrons. The molecule has 0 amide bonds. The van der Waals surface area contributed by atoms with Crippen molar-refractivity contribution in [3.05, 3.63) is 72.9 Å². The number of nitro groups is 1. The van der Waals surface area contributed by atoms with Gasteiger partial charge in [-0.3, -0.25) is 28.6 Å². The number of aromatic nitrogens is 4. The maximum atomic E-state index is 12.7. The fourth-order valence-electron chi connectivity index (χ4n) is 2.98. The van der Waals surface area contributed by atoms with E-state index < -0.39 is 16.2 Å². The second-order valence-corrected chi connectivity index (χ2v) is 6.97. The van der Waals surface area contributed by atoms with Gasteiger partial charge in [-0.05, 0) is 31.5 Å². The van der Waals surface area contributed by atoms with Crippen molar-refractivity contribution in [2.24, 2.45) is 19.2 Å². The van der Waals surface area contributed by atoms with Crippen LogP contribution in [0.2, 0.25) is 0 Å². The zero-order chi connectivity index (χ0) is 22.2. The maximum absolute atomic E-state index is 12.7. The number of hydrogen-bond donors (Lipinski definition) is 1. The zero-order valence-electron chi connectivity index (χ0n) is 17.0. The quantitative estimate of drug-likeness (QED) is 0.285. The number of nitrogens with zero attached hydrogens (tertiary/aromatic N) is 6. The van der Waals surface area contributed by atoms with Crippen LogP contribution in [-0.2, 0) is 20.6 Å². The molecular formula is C19H21N7O4. The highest BCUT2D eigenvalue weighted by atomic mass is 16.6. The average molecular weight is 411 g/mol. The number of hydrogen-bond acceptors (Lipinski definition) is 7. The highest BCUT2D eigenvalue weighted by molar-refractivity contribution is 5.99. The van der Waals surface area contributed by atoms with Gasteiger partial charge in [0.05, 0.1) is 10.6 Å². The molecule has 11 nitrogen and oxygen atoms in total. The van der Waals surface area contributed by atoms with Crippen molar-refractivity contribution in [1.82, 2.24) is 18.7 Å². The Morgan fingerprint density at radius 2 is 1.83 bits per heavy atom. The molecule has 0 unspecified atom stereocenters. The molecule has 0 fully saturated rings. The van der Waals surface area contributed by atoms with Crippen molar-refractivity contribution >= 4 is 28.5 Å². The fraction of sp³-hybridized carbons (Fsp3) is 0.263. The molecule has 0 aliphatic carbocycles. The third kappa shape index (κ3) is 3.64. The van der Waals surface area contributed by atoms with Crippen LogP contribution in [0.15, 0.2) is 51.1 Å². The van der Waals surface area contributed by atoms with Gasteiger partial charge in [0.25, 0.3) is 11.2 Å². The number of non-ortho nitro benzene ring substituents is 1. The number of allylic oxidation sites excluding steroid dienone is 1. The van der Waals surface area contributed by atoms with Gasteiger partial charge < -0.3 is 0 Å². The van der Waals surface area contributed by atoms with Crippen LogP contribution < -0.4 is 16.7 Å². The Labute approximate surface area is 170 Å². The number of anilines is 1. The van der Waals surface area contributed by atoms with Gasteiger partial charge in [-0.15, -0.1) is 0 Å². The summed E-state index contributed by atoms with van der Waals surface area (Å²) in [6, 6.07) is 5.97. The topological polar surface area (TPSA) is 129 Å². The van der Waals surface area contributed by atoms with E-state index >= 15 is 0 Å². The molecule has 0 spiro atoms. The van der Waals surface area contributed by atoms with Crippen LogP contribution in [0.3, 0.4) is 0 Å². The SMILES string of the molecule is C=C(C)Cn1c(N/N=C(\C)c2ccc([N+](=O)[O-])cc2)nc2c1c(=O)n(C)c(=O)n2C. The lowest BCUT2D eigenvalue weighted by atomic mass is 10.1. The lowest BCUT2D eigenvalue weighted by Gasteiger charge is -2.09. The number of rotatable bonds is 6. The van der Waals surface area contributed by atoms with Crippen molar-refractivity contribution in [3.8, 4) is 0 Å². The Morgan fingerprint density at radius 3 is 2.40 bits per heavy atom. The predicted octanol–water partition coefficient (Wildman–Crippen LogP) is 1.75. The summed E-state index contributed by atoms with van der Waals surface area (Å²) in [5, 5.41) is 15.1. The molecule has 1 N–H and O–H groups in total. The van der Waals surface area contributed by atoms with Crippen LogP contribution in [0.5, 0.6) is 0 Å². The normalized spacial score (nSPS) is 11.7. The molecule has 0 aliphatic rings. The summed E-state index contributed by atoms with van der Waals surface area (Å²) < 4.78 is 3.93. The standard InChI is InChI=1S/C19H21N7O4/c1-11(2)10-25-15-16(23(4)19(28)24(5)17(15)27)20-18(25)22-21-12(3)13-6-8-14(9-7-13)26(29)30/h6-9H,1,10H2,2-5H3,(H,20,22)/b21-12+. The number of aryl methyl sites for hydroxylation is 1. The van der Waals surface area contributed by atoms with Gasteiger partial charge in [0.1, 0.15) is 0 Å². The fourth-order valence-corrected chi connectivity index (χ4v) is 2.98. The van der Waals surface area contributed by atoms with Crippen LogP contribution in [-0.4, -0.2) is 29.3 Å². The average Bonchev–Trinajstić information content (AvgIpc) is 3.06. The molecule has 156 valence electrons. The molecule has 0 saturated carbocycles. The van der Waals surface area contributed by atoms with Crippen LogP contribution in [0.25, 0.3) is 11.2 Å². The summed E-state index contributed by atoms with van der Waals surface area (Å²) >= 11 is 0. The molecule has 2 aromatic heterocycles. The minimum Gasteiger partial charge on any atom is -0.299 e. The summed E-state index contributed by atoms with van der Waals surface area (Å²) in [4.78, 5) is 39.7. The monoisotopic (exact) mass is 411 g/mol. The first-order chi connectivity index (χ1) is 14.1. The second kappa shape index (κ2) is 7.78. The largest absolute Gasteiger partial charge is 0.332 e. The molecule has 0 aliphatic heterocycles. The summed E-state index contributed by atoms with van der Waals surface area (Å²) in [7, 11) is 2.95. The highest BCUT2D eigenvalue weighted by Gasteiger charge is 2.19. The van der Waals surface area contributed by atoms with E-state index in [1.165, 1.54) is 30.8 Å². The zero-order valence-corrected chi connectivity index (χ0v) is 17.0. The van der Waals surface area contributed by atoms with Crippen LogP contribution in [0, 0.1) is 10.1 Å². The van der Waals surface area contributed by atoms with E-state index in [2.05, 4.69) is 22.1 Å². The molecule has 0 bridgehead atoms. The van der Waals surface area contributed by atoms with E-state index in [9.17, 15) is 19.7 Å². The Morgan fingerprint density at radius 1 is 1.20 bits per heavy atom. The number of fused-ring (bicyclic) bond motifs is 1. The van der Waals surface area contributed by atoms with E-state index in [-0.39, 0.29) is 22.8 Å². The summed E-state index contributed by atoms with van der Waals surface area (Å²) in [6.45, 7) is 7.74. The number of nitrogens with one attached hydrogen (secondary N) is 1. The first kappa shape index (κ1) is 20.7. The van der Waals surface area contributed by atoms with E-state index in [4.69, 9.17) is 0 Å². The molecule has 30 heavy (non-hydrogen) atoms. The van der Waals surface area contributed by atoms with Gasteiger partial charge in [0.15, 0.2) is 11.2 Å². The molecule has 0 saturated heterocycles. The van der Waals surface area contributed by atoms with Crippen molar-refractivity contribution in [2.45, 2.75) is 20.4 Å². The number of nitro benzene ring substituents is 1. The molecule has 1 aromatic carbocycles. The van der Waals surface area contributed by atoms with Gasteiger partial charge in [-0.25, -0.2) is 10.2 Å². The van der Waals surface area contributed by atoms with Gasteiger partial charge in [-0.1, -0.05) is 12.2 Å². The third-order valence-electron chi connectivity index (χ3n) is 4.60.